The van der Waals surface area contributed by atoms with E-state index in [0.717, 1.165) is 44.1 Å². The van der Waals surface area contributed by atoms with Gasteiger partial charge in [-0.3, -0.25) is 0 Å². The van der Waals surface area contributed by atoms with E-state index in [1.165, 1.54) is 6.20 Å². The third kappa shape index (κ3) is 6.74. The average Bonchev–Trinajstić information content (AvgIpc) is 2.88. The Morgan fingerprint density at radius 1 is 1.09 bits per heavy atom. The molecule has 1 unspecified atom stereocenters. The largest absolute Gasteiger partial charge is 0.378 e. The highest BCUT2D eigenvalue weighted by Crippen LogP contribution is 2.29. The van der Waals surface area contributed by atoms with Gasteiger partial charge in [-0.2, -0.15) is 4.98 Å². The Balaban J connectivity index is 1.45. The van der Waals surface area contributed by atoms with Gasteiger partial charge in [-0.05, 0) is 49.7 Å². The number of aromatic nitrogens is 2. The maximum atomic E-state index is 12.3. The number of para-hydroxylation sites is 2. The molecule has 0 bridgehead atoms. The molecule has 0 aliphatic carbocycles. The fourth-order valence-electron chi connectivity index (χ4n) is 3.53. The van der Waals surface area contributed by atoms with Crippen molar-refractivity contribution in [3.63, 3.8) is 0 Å². The molecule has 1 fully saturated rings. The van der Waals surface area contributed by atoms with Gasteiger partial charge in [0.1, 0.15) is 5.02 Å². The van der Waals surface area contributed by atoms with E-state index in [-0.39, 0.29) is 12.1 Å². The van der Waals surface area contributed by atoms with Crippen LogP contribution >= 0.6 is 11.6 Å². The van der Waals surface area contributed by atoms with Crippen LogP contribution < -0.4 is 26.2 Å². The zero-order chi connectivity index (χ0) is 24.6. The zero-order valence-corrected chi connectivity index (χ0v) is 20.6. The van der Waals surface area contributed by atoms with Gasteiger partial charge in [-0.1, -0.05) is 30.7 Å². The van der Waals surface area contributed by atoms with Crippen LogP contribution in [0.15, 0.2) is 54.7 Å². The van der Waals surface area contributed by atoms with E-state index in [2.05, 4.69) is 48.3 Å². The van der Waals surface area contributed by atoms with Crippen molar-refractivity contribution in [3.05, 3.63) is 59.8 Å². The molecule has 1 saturated heterocycles. The quantitative estimate of drug-likeness (QED) is 0.333. The first-order valence-electron chi connectivity index (χ1n) is 11.7. The van der Waals surface area contributed by atoms with Gasteiger partial charge in [0.2, 0.25) is 5.95 Å². The van der Waals surface area contributed by atoms with Gasteiger partial charge in [0.25, 0.3) is 0 Å². The number of urea groups is 1. The highest BCUT2D eigenvalue weighted by molar-refractivity contribution is 6.33. The molecule has 35 heavy (non-hydrogen) atoms. The van der Waals surface area contributed by atoms with Crippen LogP contribution in [-0.2, 0) is 4.74 Å². The smallest absolute Gasteiger partial charge is 0.319 e. The number of rotatable bonds is 8. The summed E-state index contributed by atoms with van der Waals surface area (Å²) >= 11 is 6.37. The molecule has 0 saturated carbocycles. The van der Waals surface area contributed by atoms with E-state index in [9.17, 15) is 4.79 Å². The number of hydrogen-bond donors (Lipinski definition) is 4. The van der Waals surface area contributed by atoms with Crippen molar-refractivity contribution < 1.29 is 9.53 Å². The second kappa shape index (κ2) is 11.7. The second-order valence-electron chi connectivity index (χ2n) is 8.24. The number of carbonyl (C=O) groups excluding carboxylic acids is 1. The lowest BCUT2D eigenvalue weighted by Crippen LogP contribution is -2.36. The van der Waals surface area contributed by atoms with E-state index < -0.39 is 0 Å². The molecular weight excluding hydrogens is 466 g/mol. The average molecular weight is 496 g/mol. The zero-order valence-electron chi connectivity index (χ0n) is 19.8. The van der Waals surface area contributed by atoms with Gasteiger partial charge >= 0.3 is 6.03 Å². The molecule has 2 aromatic carbocycles. The number of morpholine rings is 1. The minimum atomic E-state index is -0.273. The van der Waals surface area contributed by atoms with E-state index in [4.69, 9.17) is 16.3 Å². The highest BCUT2D eigenvalue weighted by Gasteiger charge is 2.13. The van der Waals surface area contributed by atoms with Crippen molar-refractivity contribution >= 4 is 52.1 Å². The Hall–Kier alpha value is -3.56. The SMILES string of the molecule is CCC(C)NC(=O)Nc1ccccc1Nc1nc(Nc2ccc(N3CCOCC3)cc2)ncc1Cl. The van der Waals surface area contributed by atoms with Crippen molar-refractivity contribution in [2.45, 2.75) is 26.3 Å². The topological polar surface area (TPSA) is 103 Å². The second-order valence-corrected chi connectivity index (χ2v) is 8.65. The van der Waals surface area contributed by atoms with Crippen molar-refractivity contribution in [3.8, 4) is 0 Å². The number of ether oxygens (including phenoxy) is 1. The first-order valence-corrected chi connectivity index (χ1v) is 12.1. The summed E-state index contributed by atoms with van der Waals surface area (Å²) in [7, 11) is 0. The van der Waals surface area contributed by atoms with Gasteiger partial charge in [-0.15, -0.1) is 0 Å². The molecular formula is C25H30ClN7O2. The highest BCUT2D eigenvalue weighted by atomic mass is 35.5. The summed E-state index contributed by atoms with van der Waals surface area (Å²) < 4.78 is 5.42. The molecule has 2 amide bonds. The third-order valence-corrected chi connectivity index (χ3v) is 5.94. The summed E-state index contributed by atoms with van der Waals surface area (Å²) in [4.78, 5) is 23.4. The van der Waals surface area contributed by atoms with Gasteiger partial charge in [0.15, 0.2) is 5.82 Å². The third-order valence-electron chi connectivity index (χ3n) is 5.66. The van der Waals surface area contributed by atoms with Gasteiger partial charge in [0.05, 0.1) is 30.8 Å². The van der Waals surface area contributed by atoms with E-state index >= 15 is 0 Å². The molecule has 3 aromatic rings. The summed E-state index contributed by atoms with van der Waals surface area (Å²) in [6, 6.07) is 15.3. The lowest BCUT2D eigenvalue weighted by Gasteiger charge is -2.28. The first kappa shape index (κ1) is 24.6. The summed E-state index contributed by atoms with van der Waals surface area (Å²) in [6.07, 6.45) is 2.38. The molecule has 4 N–H and O–H groups in total. The molecule has 2 heterocycles. The molecule has 0 radical (unpaired) electrons. The van der Waals surface area contributed by atoms with Crippen LogP contribution in [0.25, 0.3) is 0 Å². The molecule has 9 nitrogen and oxygen atoms in total. The fraction of sp³-hybridized carbons (Fsp3) is 0.320. The molecule has 4 rings (SSSR count). The Morgan fingerprint density at radius 2 is 1.80 bits per heavy atom. The van der Waals surface area contributed by atoms with E-state index in [1.54, 1.807) is 0 Å². The molecule has 1 aliphatic heterocycles. The van der Waals surface area contributed by atoms with Crippen molar-refractivity contribution in [2.75, 3.05) is 47.2 Å². The van der Waals surface area contributed by atoms with Crippen LogP contribution in [0.4, 0.5) is 39.3 Å². The predicted molar refractivity (Wildman–Crippen MR) is 141 cm³/mol. The van der Waals surface area contributed by atoms with Crippen LogP contribution in [0, 0.1) is 0 Å². The van der Waals surface area contributed by atoms with Crippen LogP contribution in [0.1, 0.15) is 20.3 Å². The summed E-state index contributed by atoms with van der Waals surface area (Å²) in [6.45, 7) is 7.23. The number of amides is 2. The molecule has 1 aliphatic rings. The van der Waals surface area contributed by atoms with Crippen LogP contribution in [0.3, 0.4) is 0 Å². The Labute approximate surface area is 210 Å². The molecule has 1 aromatic heterocycles. The Morgan fingerprint density at radius 3 is 2.51 bits per heavy atom. The van der Waals surface area contributed by atoms with E-state index in [1.807, 2.05) is 50.2 Å². The lowest BCUT2D eigenvalue weighted by atomic mass is 10.2. The van der Waals surface area contributed by atoms with Crippen molar-refractivity contribution in [2.24, 2.45) is 0 Å². The monoisotopic (exact) mass is 495 g/mol. The summed E-state index contributed by atoms with van der Waals surface area (Å²) in [5, 5.41) is 12.6. The number of anilines is 6. The minimum absolute atomic E-state index is 0.0722. The van der Waals surface area contributed by atoms with E-state index in [0.29, 0.717) is 28.2 Å². The molecule has 10 heteroatoms. The summed E-state index contributed by atoms with van der Waals surface area (Å²) in [5.41, 5.74) is 3.28. The van der Waals surface area contributed by atoms with Crippen molar-refractivity contribution in [1.29, 1.82) is 0 Å². The molecule has 184 valence electrons. The normalized spacial score (nSPS) is 14.2. The summed E-state index contributed by atoms with van der Waals surface area (Å²) in [5.74, 6) is 0.821. The molecule has 1 atom stereocenters. The van der Waals surface area contributed by atoms with Crippen LogP contribution in [0.5, 0.6) is 0 Å². The van der Waals surface area contributed by atoms with Gasteiger partial charge in [0, 0.05) is 30.5 Å². The Bertz CT molecular complexity index is 1140. The number of nitrogens with zero attached hydrogens (tertiary/aromatic N) is 3. The number of halogens is 1. The first-order chi connectivity index (χ1) is 17.0. The number of hydrogen-bond acceptors (Lipinski definition) is 7. The maximum Gasteiger partial charge on any atom is 0.319 e. The van der Waals surface area contributed by atoms with Crippen LogP contribution in [0.2, 0.25) is 5.02 Å². The van der Waals surface area contributed by atoms with Gasteiger partial charge in [-0.25, -0.2) is 9.78 Å². The molecule has 0 spiro atoms. The number of benzene rings is 2. The standard InChI is InChI=1S/C25H30ClN7O2/c1-3-17(2)28-25(34)31-22-7-5-4-6-21(22)30-23-20(26)16-27-24(32-23)29-18-8-10-19(11-9-18)33-12-14-35-15-13-33/h4-11,16-17H,3,12-15H2,1-2H3,(H2,28,31,34)(H2,27,29,30,32). The van der Waals surface area contributed by atoms with Crippen molar-refractivity contribution in [1.82, 2.24) is 15.3 Å². The maximum absolute atomic E-state index is 12.3. The Kier molecular flexibility index (Phi) is 8.23. The van der Waals surface area contributed by atoms with Crippen LogP contribution in [-0.4, -0.2) is 48.3 Å². The minimum Gasteiger partial charge on any atom is -0.378 e. The number of nitrogens with one attached hydrogen (secondary N) is 4. The predicted octanol–water partition coefficient (Wildman–Crippen LogP) is 5.37. The van der Waals surface area contributed by atoms with Gasteiger partial charge < -0.3 is 30.9 Å². The number of carbonyl (C=O) groups is 1. The fourth-order valence-corrected chi connectivity index (χ4v) is 3.67. The lowest BCUT2D eigenvalue weighted by molar-refractivity contribution is 0.122.